The largest absolute Gasteiger partial charge is 0.508 e. The third kappa shape index (κ3) is 6.35. The molecular weight excluding hydrogens is 510 g/mol. The minimum absolute atomic E-state index is 0.0354. The van der Waals surface area contributed by atoms with Crippen LogP contribution in [0.5, 0.6) is 23.0 Å². The van der Waals surface area contributed by atoms with Crippen LogP contribution in [0.15, 0.2) is 60.7 Å². The molecule has 1 saturated heterocycles. The SMILES string of the molecule is CCCCC[C@H](O)/C=C/C1[C@@H](C/C=C\CCCC(=O)N2c3ccc(O)cc3Oc3cc(O)ccc32)[C@@H]2C[C@H]1OO2. The Hall–Kier alpha value is -3.33. The monoisotopic (exact) mass is 549 g/mol. The number of benzene rings is 2. The van der Waals surface area contributed by atoms with E-state index in [-0.39, 0.29) is 35.5 Å². The van der Waals surface area contributed by atoms with Crippen molar-refractivity contribution in [1.82, 2.24) is 0 Å². The third-order valence-electron chi connectivity index (χ3n) is 8.00. The van der Waals surface area contributed by atoms with Gasteiger partial charge in [0.05, 0.1) is 23.6 Å². The number of phenolic OH excluding ortho intramolecular Hbond substituents is 2. The van der Waals surface area contributed by atoms with E-state index in [1.165, 1.54) is 24.3 Å². The number of unbranched alkanes of at least 4 members (excludes halogenated alkanes) is 3. The van der Waals surface area contributed by atoms with E-state index < -0.39 is 6.10 Å². The highest BCUT2D eigenvalue weighted by Gasteiger charge is 2.49. The summed E-state index contributed by atoms with van der Waals surface area (Å²) >= 11 is 0. The lowest BCUT2D eigenvalue weighted by Gasteiger charge is -2.31. The number of nitrogens with zero attached hydrogens (tertiary/aromatic N) is 1. The lowest BCUT2D eigenvalue weighted by Crippen LogP contribution is -2.28. The van der Waals surface area contributed by atoms with Crippen LogP contribution in [-0.2, 0) is 14.6 Å². The lowest BCUT2D eigenvalue weighted by molar-refractivity contribution is -0.336. The van der Waals surface area contributed by atoms with Crippen molar-refractivity contribution >= 4 is 17.3 Å². The molecule has 8 heteroatoms. The maximum Gasteiger partial charge on any atom is 0.231 e. The number of fused-ring (bicyclic) bond motifs is 4. The predicted molar refractivity (Wildman–Crippen MR) is 152 cm³/mol. The molecule has 0 spiro atoms. The highest BCUT2D eigenvalue weighted by molar-refractivity contribution is 6.04. The molecule has 214 valence electrons. The Morgan fingerprint density at radius 2 is 1.70 bits per heavy atom. The molecule has 5 atom stereocenters. The second-order valence-electron chi connectivity index (χ2n) is 10.9. The number of carbonyl (C=O) groups excluding carboxylic acids is 1. The first kappa shape index (κ1) is 28.2. The zero-order valence-corrected chi connectivity index (χ0v) is 22.9. The van der Waals surface area contributed by atoms with Crippen LogP contribution in [-0.4, -0.2) is 39.5 Å². The Kier molecular flexibility index (Phi) is 9.09. The Morgan fingerprint density at radius 3 is 2.40 bits per heavy atom. The van der Waals surface area contributed by atoms with Crippen LogP contribution in [0.25, 0.3) is 0 Å². The van der Waals surface area contributed by atoms with E-state index >= 15 is 0 Å². The van der Waals surface area contributed by atoms with Crippen molar-refractivity contribution < 1.29 is 34.6 Å². The summed E-state index contributed by atoms with van der Waals surface area (Å²) in [5, 5.41) is 30.1. The average molecular weight is 550 g/mol. The van der Waals surface area contributed by atoms with Gasteiger partial charge in [-0.15, -0.1) is 0 Å². The quantitative estimate of drug-likeness (QED) is 0.151. The van der Waals surface area contributed by atoms with Gasteiger partial charge < -0.3 is 20.1 Å². The molecule has 3 N–H and O–H groups in total. The molecular formula is C32H39NO7. The van der Waals surface area contributed by atoms with Gasteiger partial charge in [0.15, 0.2) is 11.5 Å². The van der Waals surface area contributed by atoms with E-state index in [1.807, 2.05) is 6.08 Å². The number of allylic oxidation sites excluding steroid dienone is 2. The van der Waals surface area contributed by atoms with E-state index in [0.717, 1.165) is 44.9 Å². The molecule has 2 aromatic rings. The molecule has 0 radical (unpaired) electrons. The standard InChI is InChI=1S/C32H39NO7/c1-2-3-6-9-21(34)12-15-25-24(28-20-29(25)40-39-28)10-7-4-5-8-11-32(37)33-26-16-13-22(35)18-30(26)38-31-19-23(36)14-17-27(31)33/h4,7,12-19,21,24-25,28-29,34-36H,2-3,5-6,8-11,20H2,1H3/b7-4-,15-12+/t21-,24+,25?,28-,29+/m0/s1. The molecule has 2 aromatic carbocycles. The molecule has 2 aliphatic heterocycles. The first-order chi connectivity index (χ1) is 19.4. The second kappa shape index (κ2) is 12.9. The number of rotatable bonds is 12. The summed E-state index contributed by atoms with van der Waals surface area (Å²) in [6.07, 6.45) is 15.7. The Morgan fingerprint density at radius 1 is 1.00 bits per heavy atom. The zero-order valence-electron chi connectivity index (χ0n) is 22.9. The lowest BCUT2D eigenvalue weighted by atomic mass is 9.89. The van der Waals surface area contributed by atoms with Crippen LogP contribution in [0, 0.1) is 11.8 Å². The fraction of sp³-hybridized carbons (Fsp3) is 0.469. The van der Waals surface area contributed by atoms with Gasteiger partial charge in [-0.25, -0.2) is 9.78 Å². The first-order valence-electron chi connectivity index (χ1n) is 14.4. The van der Waals surface area contributed by atoms with Crippen LogP contribution in [0.1, 0.15) is 64.7 Å². The summed E-state index contributed by atoms with van der Waals surface area (Å²) in [4.78, 5) is 25.9. The molecule has 1 aliphatic carbocycles. The number of anilines is 2. The number of aliphatic hydroxyl groups excluding tert-OH is 1. The second-order valence-corrected chi connectivity index (χ2v) is 10.9. The van der Waals surface area contributed by atoms with Gasteiger partial charge in [-0.3, -0.25) is 9.69 Å². The van der Waals surface area contributed by atoms with Gasteiger partial charge in [0.1, 0.15) is 17.6 Å². The molecule has 40 heavy (non-hydrogen) atoms. The van der Waals surface area contributed by atoms with E-state index in [0.29, 0.717) is 41.6 Å². The van der Waals surface area contributed by atoms with Crippen molar-refractivity contribution in [2.45, 2.75) is 83.0 Å². The fourth-order valence-corrected chi connectivity index (χ4v) is 5.88. The van der Waals surface area contributed by atoms with Crippen LogP contribution < -0.4 is 9.64 Å². The van der Waals surface area contributed by atoms with Crippen molar-refractivity contribution in [2.75, 3.05) is 4.90 Å². The highest BCUT2D eigenvalue weighted by Crippen LogP contribution is 2.49. The number of ether oxygens (including phenoxy) is 1. The number of hydrogen-bond donors (Lipinski definition) is 3. The summed E-state index contributed by atoms with van der Waals surface area (Å²) in [6.45, 7) is 2.16. The van der Waals surface area contributed by atoms with Crippen molar-refractivity contribution in [3.63, 3.8) is 0 Å². The molecule has 1 unspecified atom stereocenters. The number of aromatic hydroxyl groups is 2. The number of carbonyl (C=O) groups is 1. The third-order valence-corrected chi connectivity index (χ3v) is 8.00. The van der Waals surface area contributed by atoms with Crippen LogP contribution in [0.2, 0.25) is 0 Å². The minimum atomic E-state index is -0.415. The number of amides is 1. The summed E-state index contributed by atoms with van der Waals surface area (Å²) in [6, 6.07) is 9.30. The Labute approximate surface area is 235 Å². The van der Waals surface area contributed by atoms with Crippen LogP contribution >= 0.6 is 0 Å². The van der Waals surface area contributed by atoms with Crippen LogP contribution in [0.3, 0.4) is 0 Å². The summed E-state index contributed by atoms with van der Waals surface area (Å²) in [5.74, 6) is 1.25. The summed E-state index contributed by atoms with van der Waals surface area (Å²) in [7, 11) is 0. The number of aliphatic hydroxyl groups is 1. The molecule has 0 aromatic heterocycles. The normalized spacial score (nSPS) is 23.9. The number of phenols is 2. The van der Waals surface area contributed by atoms with E-state index in [1.54, 1.807) is 17.0 Å². The van der Waals surface area contributed by atoms with Gasteiger partial charge >= 0.3 is 0 Å². The van der Waals surface area contributed by atoms with Crippen LogP contribution in [0.4, 0.5) is 11.4 Å². The van der Waals surface area contributed by atoms with Crippen molar-refractivity contribution in [3.05, 3.63) is 60.7 Å². The van der Waals surface area contributed by atoms with E-state index in [4.69, 9.17) is 14.5 Å². The van der Waals surface area contributed by atoms with Gasteiger partial charge in [0.2, 0.25) is 5.91 Å². The highest BCUT2D eigenvalue weighted by atomic mass is 17.2. The van der Waals surface area contributed by atoms with Crippen molar-refractivity contribution in [2.24, 2.45) is 11.8 Å². The Bertz CT molecular complexity index is 1190. The molecule has 2 bridgehead atoms. The zero-order chi connectivity index (χ0) is 28.1. The molecule has 8 nitrogen and oxygen atoms in total. The minimum Gasteiger partial charge on any atom is -0.508 e. The molecule has 1 amide bonds. The summed E-state index contributed by atoms with van der Waals surface area (Å²) in [5.41, 5.74) is 1.12. The van der Waals surface area contributed by atoms with Gasteiger partial charge in [0.25, 0.3) is 0 Å². The van der Waals surface area contributed by atoms with Gasteiger partial charge in [-0.05, 0) is 49.9 Å². The molecule has 2 fully saturated rings. The Balaban J connectivity index is 1.14. The maximum atomic E-state index is 13.3. The van der Waals surface area contributed by atoms with Gasteiger partial charge in [0, 0.05) is 36.8 Å². The molecule has 1 saturated carbocycles. The topological polar surface area (TPSA) is 109 Å². The number of hydrogen-bond acceptors (Lipinski definition) is 7. The smallest absolute Gasteiger partial charge is 0.231 e. The fourth-order valence-electron chi connectivity index (χ4n) is 5.88. The predicted octanol–water partition coefficient (Wildman–Crippen LogP) is 6.82. The molecule has 5 rings (SSSR count). The maximum absolute atomic E-state index is 13.3. The van der Waals surface area contributed by atoms with E-state index in [2.05, 4.69) is 25.2 Å². The van der Waals surface area contributed by atoms with E-state index in [9.17, 15) is 20.1 Å². The van der Waals surface area contributed by atoms with Crippen molar-refractivity contribution in [1.29, 1.82) is 0 Å². The summed E-state index contributed by atoms with van der Waals surface area (Å²) < 4.78 is 5.84. The molecule has 2 heterocycles. The average Bonchev–Trinajstić information content (AvgIpc) is 3.54. The van der Waals surface area contributed by atoms with Gasteiger partial charge in [-0.1, -0.05) is 50.5 Å². The first-order valence-corrected chi connectivity index (χ1v) is 14.4. The van der Waals surface area contributed by atoms with Crippen molar-refractivity contribution in [3.8, 4) is 23.0 Å². The van der Waals surface area contributed by atoms with Gasteiger partial charge in [-0.2, -0.15) is 0 Å². The molecule has 3 aliphatic rings.